The highest BCUT2D eigenvalue weighted by molar-refractivity contribution is 5.91. The summed E-state index contributed by atoms with van der Waals surface area (Å²) in [5.41, 5.74) is 5.19. The number of rotatable bonds is 7. The molecule has 0 aliphatic carbocycles. The molecule has 3 amide bonds. The molecule has 2 aromatic carbocycles. The Labute approximate surface area is 234 Å². The number of primary amides is 1. The van der Waals surface area contributed by atoms with Crippen molar-refractivity contribution in [2.45, 2.75) is 69.4 Å². The number of aliphatic hydroxyl groups excluding tert-OH is 1. The van der Waals surface area contributed by atoms with Gasteiger partial charge in [0.15, 0.2) is 0 Å². The van der Waals surface area contributed by atoms with Crippen LogP contribution in [0.1, 0.15) is 48.8 Å². The number of hydrogen-bond donors (Lipinski definition) is 5. The topological polar surface area (TPSA) is 143 Å². The predicted molar refractivity (Wildman–Crippen MR) is 141 cm³/mol. The molecule has 2 unspecified atom stereocenters. The van der Waals surface area contributed by atoms with Crippen LogP contribution >= 0.6 is 0 Å². The second-order valence-corrected chi connectivity index (χ2v) is 9.96. The van der Waals surface area contributed by atoms with Crippen LogP contribution in [0.4, 0.5) is 17.6 Å². The first-order chi connectivity index (χ1) is 19.4. The summed E-state index contributed by atoms with van der Waals surface area (Å²) in [5, 5.41) is 19.0. The van der Waals surface area contributed by atoms with Gasteiger partial charge in [0.1, 0.15) is 17.6 Å². The van der Waals surface area contributed by atoms with Crippen LogP contribution in [0.5, 0.6) is 5.75 Å². The minimum atomic E-state index is -4.51. The number of ether oxygens (including phenoxy) is 1. The molecule has 0 saturated heterocycles. The summed E-state index contributed by atoms with van der Waals surface area (Å²) in [4.78, 5) is 37.2. The van der Waals surface area contributed by atoms with Crippen molar-refractivity contribution in [3.05, 3.63) is 65.0 Å². The highest BCUT2D eigenvalue weighted by Crippen LogP contribution is 2.29. The fraction of sp³-hybridized carbons (Fsp3) is 0.464. The van der Waals surface area contributed by atoms with Crippen molar-refractivity contribution in [1.29, 1.82) is 0 Å². The smallest absolute Gasteiger partial charge is 0.416 e. The maximum absolute atomic E-state index is 14.4. The minimum absolute atomic E-state index is 0.0139. The number of nitrogens with one attached hydrogen (secondary N) is 3. The van der Waals surface area contributed by atoms with Crippen molar-refractivity contribution in [2.75, 3.05) is 13.2 Å². The number of halogens is 4. The summed E-state index contributed by atoms with van der Waals surface area (Å²) in [5.74, 6) is -2.38. The Bertz CT molecular complexity index is 1210. The van der Waals surface area contributed by atoms with Crippen molar-refractivity contribution >= 4 is 17.7 Å². The molecule has 2 aromatic rings. The summed E-state index contributed by atoms with van der Waals surface area (Å²) in [6.07, 6.45) is -4.52. The maximum atomic E-state index is 14.4. The van der Waals surface area contributed by atoms with Gasteiger partial charge in [-0.25, -0.2) is 4.39 Å². The van der Waals surface area contributed by atoms with E-state index >= 15 is 0 Å². The molecule has 9 nitrogen and oxygen atoms in total. The van der Waals surface area contributed by atoms with Crippen molar-refractivity contribution in [3.8, 4) is 5.75 Å². The van der Waals surface area contributed by atoms with E-state index in [1.54, 1.807) is 6.07 Å². The lowest BCUT2D eigenvalue weighted by Gasteiger charge is -2.27. The Morgan fingerprint density at radius 2 is 1.90 bits per heavy atom. The first-order valence-corrected chi connectivity index (χ1v) is 13.3. The molecule has 0 saturated carbocycles. The van der Waals surface area contributed by atoms with E-state index < -0.39 is 59.9 Å². The van der Waals surface area contributed by atoms with Gasteiger partial charge in [-0.15, -0.1) is 0 Å². The number of alkyl halides is 3. The van der Waals surface area contributed by atoms with E-state index in [-0.39, 0.29) is 38.3 Å². The molecule has 1 heterocycles. The zero-order valence-electron chi connectivity index (χ0n) is 22.3. The van der Waals surface area contributed by atoms with Gasteiger partial charge in [-0.3, -0.25) is 14.4 Å². The number of benzene rings is 2. The fourth-order valence-corrected chi connectivity index (χ4v) is 4.44. The second kappa shape index (κ2) is 14.8. The Kier molecular flexibility index (Phi) is 11.5. The average molecular weight is 583 g/mol. The maximum Gasteiger partial charge on any atom is 0.416 e. The number of aliphatic hydroxyl groups is 1. The minimum Gasteiger partial charge on any atom is -0.493 e. The van der Waals surface area contributed by atoms with Gasteiger partial charge in [0, 0.05) is 25.6 Å². The first kappa shape index (κ1) is 31.8. The van der Waals surface area contributed by atoms with Crippen LogP contribution in [0.3, 0.4) is 0 Å². The average Bonchev–Trinajstić information content (AvgIpc) is 2.88. The van der Waals surface area contributed by atoms with E-state index in [0.29, 0.717) is 30.4 Å². The number of fused-ring (bicyclic) bond motifs is 2. The molecule has 0 aromatic heterocycles. The van der Waals surface area contributed by atoms with Crippen LogP contribution in [-0.4, -0.2) is 54.2 Å². The molecule has 224 valence electrons. The van der Waals surface area contributed by atoms with Crippen LogP contribution in [0.25, 0.3) is 0 Å². The summed E-state index contributed by atoms with van der Waals surface area (Å²) in [6.45, 7) is 0.115. The molecular weight excluding hydrogens is 548 g/mol. The molecule has 2 bridgehead atoms. The molecule has 0 spiro atoms. The Morgan fingerprint density at radius 1 is 1.12 bits per heavy atom. The largest absolute Gasteiger partial charge is 0.493 e. The van der Waals surface area contributed by atoms with Gasteiger partial charge < -0.3 is 31.5 Å². The fourth-order valence-electron chi connectivity index (χ4n) is 4.44. The summed E-state index contributed by atoms with van der Waals surface area (Å²) >= 11 is 0. The van der Waals surface area contributed by atoms with Crippen LogP contribution in [-0.2, 0) is 33.5 Å². The number of hydrogen-bond acceptors (Lipinski definition) is 6. The van der Waals surface area contributed by atoms with E-state index in [1.807, 2.05) is 0 Å². The van der Waals surface area contributed by atoms with Gasteiger partial charge in [0.05, 0.1) is 30.7 Å². The highest BCUT2D eigenvalue weighted by atomic mass is 19.4. The molecule has 3 rings (SSSR count). The Balaban J connectivity index is 1.80. The van der Waals surface area contributed by atoms with Gasteiger partial charge in [-0.1, -0.05) is 18.2 Å². The van der Waals surface area contributed by atoms with E-state index in [2.05, 4.69) is 16.0 Å². The zero-order valence-corrected chi connectivity index (χ0v) is 22.3. The number of carbonyl (C=O) groups excluding carboxylic acids is 3. The van der Waals surface area contributed by atoms with E-state index in [9.17, 15) is 37.1 Å². The second-order valence-electron chi connectivity index (χ2n) is 9.96. The lowest BCUT2D eigenvalue weighted by Crippen LogP contribution is -2.55. The first-order valence-electron chi connectivity index (χ1n) is 13.3. The monoisotopic (exact) mass is 582 g/mol. The molecule has 13 heteroatoms. The Hall–Kier alpha value is -3.71. The van der Waals surface area contributed by atoms with E-state index in [0.717, 1.165) is 12.1 Å². The highest BCUT2D eigenvalue weighted by Gasteiger charge is 2.31. The lowest BCUT2D eigenvalue weighted by atomic mass is 9.99. The zero-order chi connectivity index (χ0) is 30.0. The third kappa shape index (κ3) is 10.7. The SMILES string of the molecule is NC(=O)CC1NC(=O)CCCCCOc2cc(F)cc(c2)CC([C@H](O)CNCc2cccc(C(F)(F)F)c2)NC1=O. The third-order valence-electron chi connectivity index (χ3n) is 6.49. The van der Waals surface area contributed by atoms with Crippen LogP contribution in [0.15, 0.2) is 42.5 Å². The van der Waals surface area contributed by atoms with E-state index in [1.165, 1.54) is 24.3 Å². The van der Waals surface area contributed by atoms with Crippen molar-refractivity contribution in [1.82, 2.24) is 16.0 Å². The van der Waals surface area contributed by atoms with Gasteiger partial charge in [-0.05, 0) is 55.0 Å². The lowest BCUT2D eigenvalue weighted by molar-refractivity contribution is -0.137. The molecule has 0 radical (unpaired) electrons. The Morgan fingerprint density at radius 3 is 2.63 bits per heavy atom. The van der Waals surface area contributed by atoms with Gasteiger partial charge in [-0.2, -0.15) is 13.2 Å². The van der Waals surface area contributed by atoms with E-state index in [4.69, 9.17) is 10.5 Å². The van der Waals surface area contributed by atoms with Gasteiger partial charge in [0.25, 0.3) is 0 Å². The quantitative estimate of drug-likeness (QED) is 0.317. The number of carbonyl (C=O) groups is 3. The van der Waals surface area contributed by atoms with Crippen LogP contribution in [0, 0.1) is 5.82 Å². The molecule has 1 aliphatic rings. The van der Waals surface area contributed by atoms with Crippen LogP contribution in [0.2, 0.25) is 0 Å². The van der Waals surface area contributed by atoms with Crippen molar-refractivity contribution in [2.24, 2.45) is 5.73 Å². The summed E-state index contributed by atoms with van der Waals surface area (Å²) < 4.78 is 59.1. The number of nitrogens with two attached hydrogens (primary N) is 1. The van der Waals surface area contributed by atoms with Crippen molar-refractivity contribution < 1.29 is 41.8 Å². The van der Waals surface area contributed by atoms with Crippen molar-refractivity contribution in [3.63, 3.8) is 0 Å². The number of amides is 3. The standard InChI is InChI=1S/C28H34F4N4O5/c29-20-10-18-11-21(13-20)41-8-3-1-2-7-26(39)35-23(14-25(33)38)27(40)36-22(12-18)24(37)16-34-15-17-5-4-6-19(9-17)28(30,31)32/h4-6,9-11,13,22-24,34,37H,1-3,7-8,12,14-16H2,(H2,33,38)(H,35,39)(H,36,40)/t22?,23?,24-/m1/s1. The molecular formula is C28H34F4N4O5. The molecule has 0 fully saturated rings. The third-order valence-corrected chi connectivity index (χ3v) is 6.49. The molecule has 1 aliphatic heterocycles. The van der Waals surface area contributed by atoms with Crippen LogP contribution < -0.4 is 26.4 Å². The molecule has 6 N–H and O–H groups in total. The van der Waals surface area contributed by atoms with Gasteiger partial charge in [0.2, 0.25) is 17.7 Å². The summed E-state index contributed by atoms with van der Waals surface area (Å²) in [7, 11) is 0. The predicted octanol–water partition coefficient (Wildman–Crippen LogP) is 2.34. The summed E-state index contributed by atoms with van der Waals surface area (Å²) in [6, 6.07) is 6.37. The molecule has 41 heavy (non-hydrogen) atoms. The normalized spacial score (nSPS) is 19.9. The van der Waals surface area contributed by atoms with Gasteiger partial charge >= 0.3 is 6.18 Å². The molecule has 3 atom stereocenters.